The third-order valence-electron chi connectivity index (χ3n) is 4.40. The second-order valence-electron chi connectivity index (χ2n) is 6.08. The van der Waals surface area contributed by atoms with Crippen LogP contribution < -0.4 is 5.63 Å². The summed E-state index contributed by atoms with van der Waals surface area (Å²) in [6.07, 6.45) is 0.712. The van der Waals surface area contributed by atoms with Crippen LogP contribution in [0.2, 0.25) is 5.02 Å². The van der Waals surface area contributed by atoms with Crippen LogP contribution in [-0.2, 0) is 17.8 Å². The molecule has 0 amide bonds. The number of H-pyrrole nitrogens is 1. The van der Waals surface area contributed by atoms with Gasteiger partial charge in [-0.05, 0) is 30.2 Å². The number of halogens is 1. The van der Waals surface area contributed by atoms with E-state index in [1.165, 1.54) is 6.07 Å². The van der Waals surface area contributed by atoms with Gasteiger partial charge in [0.05, 0.1) is 5.52 Å². The lowest BCUT2D eigenvalue weighted by Gasteiger charge is -2.09. The molecule has 6 nitrogen and oxygen atoms in total. The second kappa shape index (κ2) is 6.89. The Morgan fingerprint density at radius 3 is 2.81 bits per heavy atom. The Hall–Kier alpha value is -3.12. The van der Waals surface area contributed by atoms with Crippen LogP contribution >= 0.6 is 11.6 Å². The molecule has 0 aliphatic carbocycles. The first-order valence-electron chi connectivity index (χ1n) is 8.42. The Kier molecular flexibility index (Phi) is 4.41. The van der Waals surface area contributed by atoms with Gasteiger partial charge in [-0.15, -0.1) is 0 Å². The summed E-state index contributed by atoms with van der Waals surface area (Å²) >= 11 is 6.28. The number of nitrogens with one attached hydrogen (secondary N) is 1. The van der Waals surface area contributed by atoms with Gasteiger partial charge < -0.3 is 9.15 Å². The van der Waals surface area contributed by atoms with Gasteiger partial charge in [0.15, 0.2) is 5.69 Å². The molecular formula is C20H15ClN2O4. The number of carbonyl (C=O) groups excluding carboxylic acids is 1. The molecule has 2 aromatic carbocycles. The summed E-state index contributed by atoms with van der Waals surface area (Å²) in [4.78, 5) is 24.3. The molecule has 0 saturated carbocycles. The predicted octanol–water partition coefficient (Wildman–Crippen LogP) is 4.24. The van der Waals surface area contributed by atoms with Crippen molar-refractivity contribution in [3.8, 4) is 0 Å². The first-order chi connectivity index (χ1) is 13.1. The number of rotatable bonds is 4. The van der Waals surface area contributed by atoms with Gasteiger partial charge in [-0.25, -0.2) is 9.59 Å². The van der Waals surface area contributed by atoms with Crippen LogP contribution in [0, 0.1) is 0 Å². The molecule has 0 aliphatic heterocycles. The number of carbonyl (C=O) groups is 1. The summed E-state index contributed by atoms with van der Waals surface area (Å²) in [5.74, 6) is -0.579. The lowest BCUT2D eigenvalue weighted by Crippen LogP contribution is -2.09. The van der Waals surface area contributed by atoms with E-state index in [1.807, 2.05) is 25.1 Å². The maximum absolute atomic E-state index is 12.4. The summed E-state index contributed by atoms with van der Waals surface area (Å²) in [5.41, 5.74) is 2.25. The number of aromatic amines is 1. The number of benzene rings is 2. The number of fused-ring (bicyclic) bond motifs is 2. The van der Waals surface area contributed by atoms with Crippen molar-refractivity contribution in [1.29, 1.82) is 0 Å². The average Bonchev–Trinajstić information content (AvgIpc) is 3.10. The average molecular weight is 383 g/mol. The Bertz CT molecular complexity index is 1230. The van der Waals surface area contributed by atoms with E-state index in [0.717, 1.165) is 11.1 Å². The highest BCUT2D eigenvalue weighted by molar-refractivity contribution is 6.32. The van der Waals surface area contributed by atoms with Gasteiger partial charge in [0, 0.05) is 27.4 Å². The van der Waals surface area contributed by atoms with E-state index in [0.29, 0.717) is 33.4 Å². The Balaban J connectivity index is 1.66. The molecule has 0 aliphatic rings. The SMILES string of the molecule is CCc1cc2oc(=O)cc(COC(=O)c3n[nH]c4ccccc34)c2cc1Cl. The molecule has 0 saturated heterocycles. The standard InChI is InChI=1S/C20H15ClN2O4/c1-2-11-7-17-14(9-15(11)21)12(8-18(24)27-17)10-26-20(25)19-13-5-3-4-6-16(13)22-23-19/h3-9H,2,10H2,1H3,(H,22,23). The van der Waals surface area contributed by atoms with Gasteiger partial charge in [-0.2, -0.15) is 5.10 Å². The van der Waals surface area contributed by atoms with Crippen molar-refractivity contribution < 1.29 is 13.9 Å². The minimum atomic E-state index is -0.579. The molecule has 0 bridgehead atoms. The van der Waals surface area contributed by atoms with E-state index in [-0.39, 0.29) is 12.3 Å². The summed E-state index contributed by atoms with van der Waals surface area (Å²) in [5, 5.41) is 8.70. The quantitative estimate of drug-likeness (QED) is 0.421. The van der Waals surface area contributed by atoms with E-state index < -0.39 is 11.6 Å². The molecule has 1 N–H and O–H groups in total. The second-order valence-corrected chi connectivity index (χ2v) is 6.49. The molecule has 2 heterocycles. The zero-order valence-corrected chi connectivity index (χ0v) is 15.2. The van der Waals surface area contributed by atoms with Gasteiger partial charge in [0.2, 0.25) is 0 Å². The lowest BCUT2D eigenvalue weighted by molar-refractivity contribution is 0.0469. The molecular weight excluding hydrogens is 368 g/mol. The normalized spacial score (nSPS) is 11.2. The van der Waals surface area contributed by atoms with E-state index in [9.17, 15) is 9.59 Å². The number of hydrogen-bond acceptors (Lipinski definition) is 5. The summed E-state index contributed by atoms with van der Waals surface area (Å²) < 4.78 is 10.7. The number of hydrogen-bond donors (Lipinski definition) is 1. The van der Waals surface area contributed by atoms with Crippen molar-refractivity contribution in [3.63, 3.8) is 0 Å². The summed E-state index contributed by atoms with van der Waals surface area (Å²) in [7, 11) is 0. The van der Waals surface area contributed by atoms with Crippen molar-refractivity contribution in [2.45, 2.75) is 20.0 Å². The van der Waals surface area contributed by atoms with Gasteiger partial charge in [-0.3, -0.25) is 5.10 Å². The van der Waals surface area contributed by atoms with Crippen molar-refractivity contribution >= 4 is 39.4 Å². The molecule has 0 fully saturated rings. The maximum atomic E-state index is 12.4. The maximum Gasteiger partial charge on any atom is 0.359 e. The lowest BCUT2D eigenvalue weighted by atomic mass is 10.1. The Morgan fingerprint density at radius 1 is 1.19 bits per heavy atom. The number of ether oxygens (including phenoxy) is 1. The predicted molar refractivity (Wildman–Crippen MR) is 102 cm³/mol. The molecule has 7 heteroatoms. The third kappa shape index (κ3) is 3.19. The van der Waals surface area contributed by atoms with Gasteiger partial charge in [0.1, 0.15) is 12.2 Å². The van der Waals surface area contributed by atoms with Gasteiger partial charge >= 0.3 is 11.6 Å². The molecule has 4 aromatic rings. The fourth-order valence-corrected chi connectivity index (χ4v) is 3.31. The topological polar surface area (TPSA) is 85.2 Å². The molecule has 0 spiro atoms. The van der Waals surface area contributed by atoms with Crippen molar-refractivity contribution in [2.24, 2.45) is 0 Å². The van der Waals surface area contributed by atoms with Crippen LogP contribution in [0.15, 0.2) is 51.7 Å². The molecule has 136 valence electrons. The highest BCUT2D eigenvalue weighted by atomic mass is 35.5. The van der Waals surface area contributed by atoms with Crippen LogP contribution in [0.1, 0.15) is 28.5 Å². The Labute approximate surface area is 158 Å². The zero-order valence-electron chi connectivity index (χ0n) is 14.4. The number of aromatic nitrogens is 2. The highest BCUT2D eigenvalue weighted by Crippen LogP contribution is 2.27. The molecule has 0 unspecified atom stereocenters. The number of esters is 1. The van der Waals surface area contributed by atoms with E-state index in [2.05, 4.69) is 10.2 Å². The Morgan fingerprint density at radius 2 is 2.00 bits per heavy atom. The molecule has 27 heavy (non-hydrogen) atoms. The van der Waals surface area contributed by atoms with Crippen LogP contribution in [0.4, 0.5) is 0 Å². The minimum absolute atomic E-state index is 0.0933. The number of nitrogens with zero attached hydrogens (tertiary/aromatic N) is 1. The molecule has 0 radical (unpaired) electrons. The van der Waals surface area contributed by atoms with Gasteiger partial charge in [-0.1, -0.05) is 36.7 Å². The molecule has 2 aromatic heterocycles. The van der Waals surface area contributed by atoms with Gasteiger partial charge in [0.25, 0.3) is 0 Å². The zero-order chi connectivity index (χ0) is 19.0. The fraction of sp³-hybridized carbons (Fsp3) is 0.150. The van der Waals surface area contributed by atoms with E-state index in [1.54, 1.807) is 18.2 Å². The van der Waals surface area contributed by atoms with Crippen molar-refractivity contribution in [3.05, 3.63) is 74.7 Å². The smallest absolute Gasteiger partial charge is 0.359 e. The fourth-order valence-electron chi connectivity index (χ4n) is 3.01. The summed E-state index contributed by atoms with van der Waals surface area (Å²) in [6, 6.07) is 12.0. The first-order valence-corrected chi connectivity index (χ1v) is 8.80. The van der Waals surface area contributed by atoms with Crippen molar-refractivity contribution in [1.82, 2.24) is 10.2 Å². The molecule has 4 rings (SSSR count). The van der Waals surface area contributed by atoms with Crippen LogP contribution in [0.25, 0.3) is 21.9 Å². The van der Waals surface area contributed by atoms with E-state index in [4.69, 9.17) is 20.8 Å². The van der Waals surface area contributed by atoms with Crippen LogP contribution in [0.5, 0.6) is 0 Å². The third-order valence-corrected chi connectivity index (χ3v) is 4.75. The molecule has 0 atom stereocenters. The monoisotopic (exact) mass is 382 g/mol. The van der Waals surface area contributed by atoms with Crippen LogP contribution in [-0.4, -0.2) is 16.2 Å². The first kappa shape index (κ1) is 17.3. The summed E-state index contributed by atoms with van der Waals surface area (Å²) in [6.45, 7) is 1.87. The highest BCUT2D eigenvalue weighted by Gasteiger charge is 2.17. The largest absolute Gasteiger partial charge is 0.456 e. The van der Waals surface area contributed by atoms with Crippen LogP contribution in [0.3, 0.4) is 0 Å². The number of aryl methyl sites for hydroxylation is 1. The minimum Gasteiger partial charge on any atom is -0.456 e. The van der Waals surface area contributed by atoms with Crippen molar-refractivity contribution in [2.75, 3.05) is 0 Å². The number of para-hydroxylation sites is 1. The van der Waals surface area contributed by atoms with E-state index >= 15 is 0 Å².